The molecule has 5 rings (SSSR count). The van der Waals surface area contributed by atoms with E-state index in [1.54, 1.807) is 74.5 Å². The maximum atomic E-state index is 13.8. The second-order valence-corrected chi connectivity index (χ2v) is 9.32. The summed E-state index contributed by atoms with van der Waals surface area (Å²) in [5.41, 5.74) is 2.97. The Morgan fingerprint density at radius 2 is 1.11 bits per heavy atom. The number of phenolic OH excluding ortho intramolecular Hbond substituents is 1. The SMILES string of the molecule is Cc1[nH]n(-c2ccccc2Cl)c(=O)c1C(c1ccc(O)cc1)c1c(C)[nH]n(-c2ccccc2Cl)c1=O. The first-order chi connectivity index (χ1) is 17.3. The molecule has 0 aliphatic rings. The van der Waals surface area contributed by atoms with Crippen molar-refractivity contribution < 1.29 is 5.11 Å². The van der Waals surface area contributed by atoms with Gasteiger partial charge in [0.05, 0.1) is 32.5 Å². The molecule has 5 aromatic rings. The molecule has 2 aromatic heterocycles. The van der Waals surface area contributed by atoms with Crippen molar-refractivity contribution >= 4 is 23.2 Å². The quantitative estimate of drug-likeness (QED) is 0.287. The first-order valence-electron chi connectivity index (χ1n) is 11.2. The van der Waals surface area contributed by atoms with Gasteiger partial charge in [0, 0.05) is 17.3 Å². The number of aromatic nitrogens is 4. The fourth-order valence-corrected chi connectivity index (χ4v) is 4.99. The van der Waals surface area contributed by atoms with Crippen LogP contribution in [0.4, 0.5) is 0 Å². The highest BCUT2D eigenvalue weighted by molar-refractivity contribution is 6.32. The highest BCUT2D eigenvalue weighted by Gasteiger charge is 2.31. The van der Waals surface area contributed by atoms with Crippen LogP contribution < -0.4 is 11.1 Å². The van der Waals surface area contributed by atoms with Crippen LogP contribution in [-0.4, -0.2) is 24.7 Å². The van der Waals surface area contributed by atoms with Crippen molar-refractivity contribution in [2.24, 2.45) is 0 Å². The molecule has 0 atom stereocenters. The number of aromatic hydroxyl groups is 1. The maximum absolute atomic E-state index is 13.8. The van der Waals surface area contributed by atoms with Crippen LogP contribution in [0.3, 0.4) is 0 Å². The van der Waals surface area contributed by atoms with Crippen molar-refractivity contribution in [2.75, 3.05) is 0 Å². The second kappa shape index (κ2) is 9.26. The van der Waals surface area contributed by atoms with Crippen LogP contribution in [0, 0.1) is 13.8 Å². The van der Waals surface area contributed by atoms with Crippen molar-refractivity contribution in [3.8, 4) is 17.1 Å². The summed E-state index contributed by atoms with van der Waals surface area (Å²) in [6, 6.07) is 20.5. The third kappa shape index (κ3) is 3.96. The third-order valence-electron chi connectivity index (χ3n) is 6.22. The summed E-state index contributed by atoms with van der Waals surface area (Å²) in [5, 5.41) is 16.9. The van der Waals surface area contributed by atoms with Crippen molar-refractivity contribution in [2.45, 2.75) is 19.8 Å². The summed E-state index contributed by atoms with van der Waals surface area (Å²) in [6.07, 6.45) is 0. The Morgan fingerprint density at radius 1 is 0.694 bits per heavy atom. The van der Waals surface area contributed by atoms with E-state index in [4.69, 9.17) is 23.2 Å². The van der Waals surface area contributed by atoms with Gasteiger partial charge in [-0.2, -0.15) is 0 Å². The molecule has 0 saturated carbocycles. The summed E-state index contributed by atoms with van der Waals surface area (Å²) < 4.78 is 2.77. The van der Waals surface area contributed by atoms with Crippen LogP contribution in [0.2, 0.25) is 10.0 Å². The fraction of sp³-hybridized carbons (Fsp3) is 0.111. The van der Waals surface area contributed by atoms with E-state index < -0.39 is 5.92 Å². The highest BCUT2D eigenvalue weighted by Crippen LogP contribution is 2.33. The number of hydrogen-bond acceptors (Lipinski definition) is 3. The number of benzene rings is 3. The van der Waals surface area contributed by atoms with E-state index in [9.17, 15) is 14.7 Å². The number of halogens is 2. The molecule has 3 aromatic carbocycles. The van der Waals surface area contributed by atoms with Gasteiger partial charge in [-0.25, -0.2) is 9.36 Å². The van der Waals surface area contributed by atoms with E-state index in [1.165, 1.54) is 21.5 Å². The Labute approximate surface area is 216 Å². The summed E-state index contributed by atoms with van der Waals surface area (Å²) in [6.45, 7) is 3.57. The van der Waals surface area contributed by atoms with Crippen molar-refractivity contribution in [1.82, 2.24) is 19.6 Å². The molecule has 0 aliphatic heterocycles. The summed E-state index contributed by atoms with van der Waals surface area (Å²) in [5.74, 6) is -0.651. The maximum Gasteiger partial charge on any atom is 0.275 e. The van der Waals surface area contributed by atoms with Gasteiger partial charge in [0.2, 0.25) is 0 Å². The van der Waals surface area contributed by atoms with E-state index >= 15 is 0 Å². The highest BCUT2D eigenvalue weighted by atomic mass is 35.5. The molecule has 0 fully saturated rings. The first-order valence-corrected chi connectivity index (χ1v) is 11.9. The molecular weight excluding hydrogens is 499 g/mol. The molecule has 0 unspecified atom stereocenters. The lowest BCUT2D eigenvalue weighted by Gasteiger charge is -2.16. The number of H-pyrrole nitrogens is 2. The topological polar surface area (TPSA) is 95.8 Å². The van der Waals surface area contributed by atoms with Crippen molar-refractivity contribution in [1.29, 1.82) is 0 Å². The Morgan fingerprint density at radius 3 is 1.53 bits per heavy atom. The third-order valence-corrected chi connectivity index (χ3v) is 6.86. The molecule has 0 spiro atoms. The lowest BCUT2D eigenvalue weighted by atomic mass is 9.85. The number of hydrogen-bond donors (Lipinski definition) is 3. The average Bonchev–Trinajstić information content (AvgIpc) is 3.31. The molecule has 3 N–H and O–H groups in total. The van der Waals surface area contributed by atoms with E-state index in [2.05, 4.69) is 10.2 Å². The number of para-hydroxylation sites is 2. The molecule has 9 heteroatoms. The first kappa shape index (κ1) is 23.8. The second-order valence-electron chi connectivity index (χ2n) is 8.51. The number of aromatic amines is 2. The predicted molar refractivity (Wildman–Crippen MR) is 141 cm³/mol. The minimum Gasteiger partial charge on any atom is -0.508 e. The van der Waals surface area contributed by atoms with Gasteiger partial charge in [0.15, 0.2) is 0 Å². The number of aryl methyl sites for hydroxylation is 2. The lowest BCUT2D eigenvalue weighted by Crippen LogP contribution is -2.25. The normalized spacial score (nSPS) is 11.4. The van der Waals surface area contributed by atoms with Gasteiger partial charge in [-0.3, -0.25) is 19.8 Å². The standard InChI is InChI=1S/C27H22Cl2N4O3/c1-15-23(26(35)32(30-15)21-9-5-3-7-19(21)28)25(17-11-13-18(34)14-12-17)24-16(2)31-33(27(24)36)22-10-6-4-8-20(22)29/h3-14,25,30-31,34H,1-2H3. The molecule has 0 aliphatic carbocycles. The predicted octanol–water partition coefficient (Wildman–Crippen LogP) is 5.45. The smallest absolute Gasteiger partial charge is 0.275 e. The minimum absolute atomic E-state index is 0.0797. The molecule has 0 bridgehead atoms. The van der Waals surface area contributed by atoms with Crippen LogP contribution >= 0.6 is 23.2 Å². The van der Waals surface area contributed by atoms with Crippen molar-refractivity contribution in [3.05, 3.63) is 132 Å². The van der Waals surface area contributed by atoms with Gasteiger partial charge in [-0.15, -0.1) is 0 Å². The molecule has 2 heterocycles. The van der Waals surface area contributed by atoms with Gasteiger partial charge < -0.3 is 5.11 Å². The molecule has 7 nitrogen and oxygen atoms in total. The molecule has 0 amide bonds. The molecule has 182 valence electrons. The van der Waals surface area contributed by atoms with Crippen LogP contribution in [0.25, 0.3) is 11.4 Å². The van der Waals surface area contributed by atoms with E-state index in [-0.39, 0.29) is 16.9 Å². The number of phenols is 1. The van der Waals surface area contributed by atoms with Gasteiger partial charge in [0.25, 0.3) is 11.1 Å². The van der Waals surface area contributed by atoms with Gasteiger partial charge in [-0.05, 0) is 55.8 Å². The Hall–Kier alpha value is -3.94. The molecular formula is C27H22Cl2N4O3. The largest absolute Gasteiger partial charge is 0.508 e. The zero-order valence-corrected chi connectivity index (χ0v) is 20.9. The van der Waals surface area contributed by atoms with E-state index in [0.717, 1.165) is 0 Å². The Kier molecular flexibility index (Phi) is 6.12. The summed E-state index contributed by atoms with van der Waals surface area (Å²) in [4.78, 5) is 27.7. The van der Waals surface area contributed by atoms with E-state index in [0.29, 0.717) is 49.5 Å². The molecule has 36 heavy (non-hydrogen) atoms. The average molecular weight is 521 g/mol. The van der Waals surface area contributed by atoms with E-state index in [1.807, 2.05) is 0 Å². The summed E-state index contributed by atoms with van der Waals surface area (Å²) >= 11 is 12.8. The van der Waals surface area contributed by atoms with Crippen molar-refractivity contribution in [3.63, 3.8) is 0 Å². The zero-order valence-electron chi connectivity index (χ0n) is 19.4. The number of nitrogens with zero attached hydrogens (tertiary/aromatic N) is 2. The van der Waals surface area contributed by atoms with Gasteiger partial charge in [0.1, 0.15) is 5.75 Å². The fourth-order valence-electron chi connectivity index (χ4n) is 4.55. The van der Waals surface area contributed by atoms with Gasteiger partial charge >= 0.3 is 0 Å². The van der Waals surface area contributed by atoms with Crippen LogP contribution in [0.1, 0.15) is 34.0 Å². The molecule has 0 saturated heterocycles. The van der Waals surface area contributed by atoms with Gasteiger partial charge in [-0.1, -0.05) is 59.6 Å². The van der Waals surface area contributed by atoms with Crippen LogP contribution in [-0.2, 0) is 0 Å². The zero-order chi connectivity index (χ0) is 25.6. The Bertz CT molecular complexity index is 1590. The number of rotatable bonds is 5. The minimum atomic E-state index is -0.731. The van der Waals surface area contributed by atoms with Crippen LogP contribution in [0.5, 0.6) is 5.75 Å². The number of nitrogens with one attached hydrogen (secondary N) is 2. The van der Waals surface area contributed by atoms with Crippen LogP contribution in [0.15, 0.2) is 82.4 Å². The molecule has 0 radical (unpaired) electrons. The Balaban J connectivity index is 1.79. The summed E-state index contributed by atoms with van der Waals surface area (Å²) in [7, 11) is 0. The lowest BCUT2D eigenvalue weighted by molar-refractivity contribution is 0.475. The monoisotopic (exact) mass is 520 g/mol.